The standard InChI is InChI=1S/C12H16BrNO2/c1-12(8-14,7-11(15)16-2)9-5-3-4-6-10(9)13/h3-6H,7-8,14H2,1-2H3. The first kappa shape index (κ1) is 13.2. The first-order valence-corrected chi connectivity index (χ1v) is 5.84. The highest BCUT2D eigenvalue weighted by molar-refractivity contribution is 9.10. The van der Waals surface area contributed by atoms with Gasteiger partial charge in [-0.2, -0.15) is 0 Å². The van der Waals surface area contributed by atoms with Crippen LogP contribution in [0.5, 0.6) is 0 Å². The summed E-state index contributed by atoms with van der Waals surface area (Å²) in [7, 11) is 1.39. The van der Waals surface area contributed by atoms with Crippen molar-refractivity contribution in [2.75, 3.05) is 13.7 Å². The maximum atomic E-state index is 11.4. The summed E-state index contributed by atoms with van der Waals surface area (Å²) in [6.45, 7) is 2.36. The number of nitrogens with two attached hydrogens (primary N) is 1. The summed E-state index contributed by atoms with van der Waals surface area (Å²) in [6, 6.07) is 7.79. The molecule has 1 aromatic rings. The number of rotatable bonds is 4. The van der Waals surface area contributed by atoms with Gasteiger partial charge in [-0.05, 0) is 11.6 Å². The topological polar surface area (TPSA) is 52.3 Å². The van der Waals surface area contributed by atoms with Gasteiger partial charge >= 0.3 is 5.97 Å². The summed E-state index contributed by atoms with van der Waals surface area (Å²) in [5.41, 5.74) is 6.42. The van der Waals surface area contributed by atoms with E-state index in [-0.39, 0.29) is 12.4 Å². The maximum absolute atomic E-state index is 11.4. The van der Waals surface area contributed by atoms with E-state index in [1.54, 1.807) is 0 Å². The van der Waals surface area contributed by atoms with Gasteiger partial charge in [-0.3, -0.25) is 4.79 Å². The van der Waals surface area contributed by atoms with Crippen molar-refractivity contribution in [1.29, 1.82) is 0 Å². The van der Waals surface area contributed by atoms with Gasteiger partial charge in [0.25, 0.3) is 0 Å². The minimum Gasteiger partial charge on any atom is -0.469 e. The molecule has 2 N–H and O–H groups in total. The fourth-order valence-corrected chi connectivity index (χ4v) is 2.38. The van der Waals surface area contributed by atoms with Crippen molar-refractivity contribution in [1.82, 2.24) is 0 Å². The van der Waals surface area contributed by atoms with Gasteiger partial charge in [0.15, 0.2) is 0 Å². The van der Waals surface area contributed by atoms with E-state index >= 15 is 0 Å². The quantitative estimate of drug-likeness (QED) is 0.863. The molecule has 0 aliphatic heterocycles. The summed E-state index contributed by atoms with van der Waals surface area (Å²) in [6.07, 6.45) is 0.280. The highest BCUT2D eigenvalue weighted by Crippen LogP contribution is 2.32. The molecule has 0 bridgehead atoms. The summed E-state index contributed by atoms with van der Waals surface area (Å²) in [5.74, 6) is -0.247. The molecule has 0 fully saturated rings. The van der Waals surface area contributed by atoms with Gasteiger partial charge in [-0.15, -0.1) is 0 Å². The van der Waals surface area contributed by atoms with Crippen LogP contribution in [0.3, 0.4) is 0 Å². The van der Waals surface area contributed by atoms with Crippen LogP contribution < -0.4 is 5.73 Å². The van der Waals surface area contributed by atoms with Crippen LogP contribution in [0.4, 0.5) is 0 Å². The Balaban J connectivity index is 3.05. The molecule has 1 aromatic carbocycles. The summed E-state index contributed by atoms with van der Waals surface area (Å²) < 4.78 is 5.66. The second-order valence-corrected chi connectivity index (χ2v) is 4.85. The zero-order chi connectivity index (χ0) is 12.2. The fourth-order valence-electron chi connectivity index (χ4n) is 1.62. The number of benzene rings is 1. The lowest BCUT2D eigenvalue weighted by Crippen LogP contribution is -2.35. The molecule has 1 rings (SSSR count). The molecule has 16 heavy (non-hydrogen) atoms. The average Bonchev–Trinajstić information content (AvgIpc) is 2.29. The van der Waals surface area contributed by atoms with Gasteiger partial charge in [0.1, 0.15) is 0 Å². The highest BCUT2D eigenvalue weighted by atomic mass is 79.9. The molecule has 0 saturated heterocycles. The van der Waals surface area contributed by atoms with E-state index in [1.807, 2.05) is 31.2 Å². The highest BCUT2D eigenvalue weighted by Gasteiger charge is 2.30. The Kier molecular flexibility index (Phi) is 4.50. The Morgan fingerprint density at radius 3 is 2.62 bits per heavy atom. The first-order chi connectivity index (χ1) is 7.53. The Morgan fingerprint density at radius 2 is 2.12 bits per heavy atom. The van der Waals surface area contributed by atoms with E-state index in [0.29, 0.717) is 6.54 Å². The normalized spacial score (nSPS) is 14.2. The van der Waals surface area contributed by atoms with Gasteiger partial charge in [-0.1, -0.05) is 41.1 Å². The van der Waals surface area contributed by atoms with Crippen molar-refractivity contribution < 1.29 is 9.53 Å². The van der Waals surface area contributed by atoms with Crippen LogP contribution in [0.25, 0.3) is 0 Å². The molecular weight excluding hydrogens is 270 g/mol. The maximum Gasteiger partial charge on any atom is 0.306 e. The number of halogens is 1. The molecule has 88 valence electrons. The number of carbonyl (C=O) groups is 1. The lowest BCUT2D eigenvalue weighted by atomic mass is 9.79. The monoisotopic (exact) mass is 285 g/mol. The molecule has 1 atom stereocenters. The van der Waals surface area contributed by atoms with Crippen LogP contribution in [-0.2, 0) is 14.9 Å². The van der Waals surface area contributed by atoms with Crippen LogP contribution in [-0.4, -0.2) is 19.6 Å². The predicted molar refractivity (Wildman–Crippen MR) is 67.2 cm³/mol. The molecule has 0 radical (unpaired) electrons. The number of esters is 1. The molecule has 0 saturated carbocycles. The third-order valence-electron chi connectivity index (χ3n) is 2.74. The fraction of sp³-hybridized carbons (Fsp3) is 0.417. The lowest BCUT2D eigenvalue weighted by molar-refractivity contribution is -0.141. The molecule has 4 heteroatoms. The van der Waals surface area contributed by atoms with E-state index < -0.39 is 5.41 Å². The number of methoxy groups -OCH3 is 1. The minimum atomic E-state index is -0.396. The van der Waals surface area contributed by atoms with E-state index in [9.17, 15) is 4.79 Å². The Labute approximate surface area is 104 Å². The average molecular weight is 286 g/mol. The second-order valence-electron chi connectivity index (χ2n) is 4.00. The Morgan fingerprint density at radius 1 is 1.50 bits per heavy atom. The molecule has 0 aliphatic rings. The van der Waals surface area contributed by atoms with Crippen molar-refractivity contribution in [2.45, 2.75) is 18.8 Å². The minimum absolute atomic E-state index is 0.247. The molecule has 0 heterocycles. The molecule has 3 nitrogen and oxygen atoms in total. The zero-order valence-electron chi connectivity index (χ0n) is 9.50. The largest absolute Gasteiger partial charge is 0.469 e. The molecular formula is C12H16BrNO2. The van der Waals surface area contributed by atoms with Crippen molar-refractivity contribution in [2.24, 2.45) is 5.73 Å². The van der Waals surface area contributed by atoms with Crippen LogP contribution in [0.15, 0.2) is 28.7 Å². The van der Waals surface area contributed by atoms with Crippen molar-refractivity contribution in [3.63, 3.8) is 0 Å². The van der Waals surface area contributed by atoms with Crippen molar-refractivity contribution in [3.05, 3.63) is 34.3 Å². The van der Waals surface area contributed by atoms with Crippen molar-refractivity contribution >= 4 is 21.9 Å². The van der Waals surface area contributed by atoms with E-state index in [1.165, 1.54) is 7.11 Å². The van der Waals surface area contributed by atoms with Crippen LogP contribution in [0.1, 0.15) is 18.9 Å². The summed E-state index contributed by atoms with van der Waals surface area (Å²) in [5, 5.41) is 0. The number of hydrogen-bond acceptors (Lipinski definition) is 3. The SMILES string of the molecule is COC(=O)CC(C)(CN)c1ccccc1Br. The summed E-state index contributed by atoms with van der Waals surface area (Å²) in [4.78, 5) is 11.4. The summed E-state index contributed by atoms with van der Waals surface area (Å²) >= 11 is 3.48. The molecule has 1 unspecified atom stereocenters. The third-order valence-corrected chi connectivity index (χ3v) is 3.43. The molecule has 0 amide bonds. The Bertz CT molecular complexity index is 381. The Hall–Kier alpha value is -0.870. The molecule has 0 aromatic heterocycles. The van der Waals surface area contributed by atoms with Gasteiger partial charge in [0.2, 0.25) is 0 Å². The van der Waals surface area contributed by atoms with E-state index in [4.69, 9.17) is 10.5 Å². The second kappa shape index (κ2) is 5.46. The van der Waals surface area contributed by atoms with Gasteiger partial charge in [0.05, 0.1) is 13.5 Å². The van der Waals surface area contributed by atoms with Crippen LogP contribution >= 0.6 is 15.9 Å². The van der Waals surface area contributed by atoms with E-state index in [2.05, 4.69) is 15.9 Å². The molecule has 0 aliphatic carbocycles. The smallest absolute Gasteiger partial charge is 0.306 e. The molecule has 0 spiro atoms. The number of carbonyl (C=O) groups excluding carboxylic acids is 1. The van der Waals surface area contributed by atoms with Crippen LogP contribution in [0, 0.1) is 0 Å². The van der Waals surface area contributed by atoms with Gasteiger partial charge in [-0.25, -0.2) is 0 Å². The zero-order valence-corrected chi connectivity index (χ0v) is 11.1. The predicted octanol–water partition coefficient (Wildman–Crippen LogP) is 2.23. The van der Waals surface area contributed by atoms with Crippen molar-refractivity contribution in [3.8, 4) is 0 Å². The van der Waals surface area contributed by atoms with E-state index in [0.717, 1.165) is 10.0 Å². The third kappa shape index (κ3) is 2.83. The number of ether oxygens (including phenoxy) is 1. The first-order valence-electron chi connectivity index (χ1n) is 5.05. The van der Waals surface area contributed by atoms with Gasteiger partial charge < -0.3 is 10.5 Å². The lowest BCUT2D eigenvalue weighted by Gasteiger charge is -2.28. The van der Waals surface area contributed by atoms with Crippen LogP contribution in [0.2, 0.25) is 0 Å². The van der Waals surface area contributed by atoms with Gasteiger partial charge in [0, 0.05) is 16.4 Å². The number of hydrogen-bond donors (Lipinski definition) is 1.